The third-order valence-corrected chi connectivity index (χ3v) is 5.24. The van der Waals surface area contributed by atoms with E-state index in [1.54, 1.807) is 38.0 Å². The van der Waals surface area contributed by atoms with Crippen molar-refractivity contribution in [1.82, 2.24) is 14.7 Å². The number of nitrogens with zero attached hydrogens (tertiary/aromatic N) is 3. The number of carbonyl (C=O) groups excluding carboxylic acids is 2. The summed E-state index contributed by atoms with van der Waals surface area (Å²) in [6.07, 6.45) is 0.874. The van der Waals surface area contributed by atoms with Crippen LogP contribution in [0.3, 0.4) is 0 Å². The molecule has 4 atom stereocenters. The van der Waals surface area contributed by atoms with Crippen LogP contribution in [0.25, 0.3) is 0 Å². The number of ether oxygens (including phenoxy) is 1. The lowest BCUT2D eigenvalue weighted by atomic mass is 9.84. The maximum atomic E-state index is 12.2. The van der Waals surface area contributed by atoms with E-state index < -0.39 is 0 Å². The maximum Gasteiger partial charge on any atom is 0.224 e. The molecule has 0 aliphatic carbocycles. The highest BCUT2D eigenvalue weighted by atomic mass is 16.5. The van der Waals surface area contributed by atoms with Gasteiger partial charge in [0.05, 0.1) is 19.1 Å². The van der Waals surface area contributed by atoms with Gasteiger partial charge in [0.25, 0.3) is 0 Å². The first-order valence-electron chi connectivity index (χ1n) is 8.50. The molecule has 0 bridgehead atoms. The minimum Gasteiger partial charge on any atom is -0.376 e. The Hall–Kier alpha value is -1.14. The van der Waals surface area contributed by atoms with Crippen molar-refractivity contribution < 1.29 is 14.3 Å². The zero-order chi connectivity index (χ0) is 17.3. The van der Waals surface area contributed by atoms with Crippen molar-refractivity contribution in [1.29, 1.82) is 0 Å². The second kappa shape index (κ2) is 7.18. The molecule has 0 spiro atoms. The van der Waals surface area contributed by atoms with Gasteiger partial charge in [0.15, 0.2) is 0 Å². The average Bonchev–Trinajstić information content (AvgIpc) is 3.00. The van der Waals surface area contributed by atoms with E-state index in [1.165, 1.54) is 0 Å². The van der Waals surface area contributed by atoms with Crippen molar-refractivity contribution in [3.8, 4) is 0 Å². The fourth-order valence-corrected chi connectivity index (χ4v) is 3.91. The smallest absolute Gasteiger partial charge is 0.224 e. The topological polar surface area (TPSA) is 53.1 Å². The van der Waals surface area contributed by atoms with Gasteiger partial charge >= 0.3 is 0 Å². The minimum absolute atomic E-state index is 0.0707. The van der Waals surface area contributed by atoms with E-state index in [1.807, 2.05) is 0 Å². The molecule has 2 aliphatic rings. The molecular weight excluding hydrogens is 294 g/mol. The van der Waals surface area contributed by atoms with Crippen LogP contribution in [0.15, 0.2) is 0 Å². The molecule has 2 aliphatic heterocycles. The lowest BCUT2D eigenvalue weighted by molar-refractivity contribution is -0.131. The van der Waals surface area contributed by atoms with E-state index in [2.05, 4.69) is 18.7 Å². The van der Waals surface area contributed by atoms with E-state index in [4.69, 9.17) is 4.74 Å². The molecule has 0 aromatic carbocycles. The summed E-state index contributed by atoms with van der Waals surface area (Å²) in [4.78, 5) is 30.0. The first-order valence-corrected chi connectivity index (χ1v) is 8.50. The molecule has 6 heteroatoms. The Morgan fingerprint density at radius 2 is 1.65 bits per heavy atom. The van der Waals surface area contributed by atoms with Crippen LogP contribution >= 0.6 is 0 Å². The van der Waals surface area contributed by atoms with Crippen molar-refractivity contribution in [3.05, 3.63) is 0 Å². The van der Waals surface area contributed by atoms with Crippen LogP contribution in [-0.2, 0) is 14.3 Å². The molecule has 23 heavy (non-hydrogen) atoms. The molecule has 132 valence electrons. The van der Waals surface area contributed by atoms with Gasteiger partial charge in [-0.25, -0.2) is 0 Å². The van der Waals surface area contributed by atoms with Crippen LogP contribution < -0.4 is 0 Å². The quantitative estimate of drug-likeness (QED) is 0.745. The Bertz CT molecular complexity index is 450. The molecule has 0 radical (unpaired) electrons. The van der Waals surface area contributed by atoms with Crippen LogP contribution in [0.5, 0.6) is 0 Å². The fraction of sp³-hybridized carbons (Fsp3) is 0.882. The Kier molecular flexibility index (Phi) is 5.68. The van der Waals surface area contributed by atoms with E-state index in [-0.39, 0.29) is 29.8 Å². The lowest BCUT2D eigenvalue weighted by Gasteiger charge is -2.26. The molecule has 2 saturated heterocycles. The Morgan fingerprint density at radius 1 is 1.09 bits per heavy atom. The highest BCUT2D eigenvalue weighted by Gasteiger charge is 2.51. The number of carbonyl (C=O) groups is 2. The third kappa shape index (κ3) is 3.86. The number of fused-ring (bicyclic) bond motifs is 1. The molecule has 2 heterocycles. The zero-order valence-electron chi connectivity index (χ0n) is 15.3. The molecule has 0 aromatic heterocycles. The summed E-state index contributed by atoms with van der Waals surface area (Å²) in [7, 11) is 7.15. The Balaban J connectivity index is 2.14. The molecule has 0 aromatic rings. The van der Waals surface area contributed by atoms with Crippen molar-refractivity contribution >= 4 is 11.8 Å². The molecule has 2 fully saturated rings. The second-order valence-corrected chi connectivity index (χ2v) is 7.55. The van der Waals surface area contributed by atoms with Crippen molar-refractivity contribution in [3.63, 3.8) is 0 Å². The number of hydrogen-bond donors (Lipinski definition) is 0. The minimum atomic E-state index is -0.0707. The van der Waals surface area contributed by atoms with Gasteiger partial charge in [0.2, 0.25) is 11.8 Å². The monoisotopic (exact) mass is 325 g/mol. The summed E-state index contributed by atoms with van der Waals surface area (Å²) < 4.78 is 5.98. The summed E-state index contributed by atoms with van der Waals surface area (Å²) in [5.74, 6) is 0.783. The molecule has 0 saturated carbocycles. The SMILES string of the molecule is CC(C)N1C[C@@H](CC(=O)N(C)C)[C@H]2[C@H](CC(=O)N(C)C)OC[C@H]21. The summed E-state index contributed by atoms with van der Waals surface area (Å²) >= 11 is 0. The van der Waals surface area contributed by atoms with Gasteiger partial charge in [-0.3, -0.25) is 14.5 Å². The third-order valence-electron chi connectivity index (χ3n) is 5.24. The Labute approximate surface area is 139 Å². The van der Waals surface area contributed by atoms with Gasteiger partial charge in [-0.2, -0.15) is 0 Å². The highest BCUT2D eigenvalue weighted by Crippen LogP contribution is 2.42. The Morgan fingerprint density at radius 3 is 2.17 bits per heavy atom. The lowest BCUT2D eigenvalue weighted by Crippen LogP contribution is -2.38. The largest absolute Gasteiger partial charge is 0.376 e. The standard InChI is InChI=1S/C17H31N3O3/c1-11(2)20-9-12(7-15(21)18(3)4)17-13(20)10-23-14(17)8-16(22)19(5)6/h11-14,17H,7-10H2,1-6H3/t12-,13-,14+,17-/m1/s1. The molecule has 2 rings (SSSR count). The van der Waals surface area contributed by atoms with E-state index in [0.717, 1.165) is 6.54 Å². The molecule has 0 N–H and O–H groups in total. The maximum absolute atomic E-state index is 12.2. The summed E-state index contributed by atoms with van der Waals surface area (Å²) in [5, 5.41) is 0. The second-order valence-electron chi connectivity index (χ2n) is 7.55. The van der Waals surface area contributed by atoms with E-state index in [0.29, 0.717) is 31.5 Å². The van der Waals surface area contributed by atoms with Gasteiger partial charge < -0.3 is 14.5 Å². The molecule has 0 unspecified atom stereocenters. The van der Waals surface area contributed by atoms with Crippen LogP contribution in [0, 0.1) is 11.8 Å². The molecular formula is C17H31N3O3. The van der Waals surface area contributed by atoms with Crippen LogP contribution in [-0.4, -0.2) is 86.0 Å². The number of amides is 2. The van der Waals surface area contributed by atoms with E-state index >= 15 is 0 Å². The first-order chi connectivity index (χ1) is 10.7. The summed E-state index contributed by atoms with van der Waals surface area (Å²) in [6, 6.07) is 0.754. The highest BCUT2D eigenvalue weighted by molar-refractivity contribution is 5.77. The fourth-order valence-electron chi connectivity index (χ4n) is 3.91. The number of hydrogen-bond acceptors (Lipinski definition) is 4. The van der Waals surface area contributed by atoms with Crippen LogP contribution in [0.2, 0.25) is 0 Å². The number of likely N-dealkylation sites (tertiary alicyclic amines) is 1. The predicted octanol–water partition coefficient (Wildman–Crippen LogP) is 0.667. The average molecular weight is 325 g/mol. The van der Waals surface area contributed by atoms with Gasteiger partial charge in [-0.05, 0) is 19.8 Å². The van der Waals surface area contributed by atoms with Crippen LogP contribution in [0.1, 0.15) is 26.7 Å². The molecule has 6 nitrogen and oxygen atoms in total. The summed E-state index contributed by atoms with van der Waals surface area (Å²) in [6.45, 7) is 5.96. The first kappa shape index (κ1) is 18.2. The zero-order valence-corrected chi connectivity index (χ0v) is 15.3. The van der Waals surface area contributed by atoms with E-state index in [9.17, 15) is 9.59 Å². The van der Waals surface area contributed by atoms with Crippen molar-refractivity contribution in [2.45, 2.75) is 44.9 Å². The van der Waals surface area contributed by atoms with Crippen molar-refractivity contribution in [2.75, 3.05) is 41.3 Å². The van der Waals surface area contributed by atoms with Gasteiger partial charge in [0, 0.05) is 59.2 Å². The normalized spacial score (nSPS) is 30.6. The van der Waals surface area contributed by atoms with Crippen molar-refractivity contribution in [2.24, 2.45) is 11.8 Å². The molecule has 2 amide bonds. The predicted molar refractivity (Wildman–Crippen MR) is 89.0 cm³/mol. The van der Waals surface area contributed by atoms with Gasteiger partial charge in [0.1, 0.15) is 0 Å². The van der Waals surface area contributed by atoms with Gasteiger partial charge in [-0.1, -0.05) is 0 Å². The number of rotatable bonds is 5. The van der Waals surface area contributed by atoms with Crippen LogP contribution in [0.4, 0.5) is 0 Å². The summed E-state index contributed by atoms with van der Waals surface area (Å²) in [5.41, 5.74) is 0. The van der Waals surface area contributed by atoms with Gasteiger partial charge in [-0.15, -0.1) is 0 Å².